The number of nitrogens with zero attached hydrogens (tertiary/aromatic N) is 1. The molecule has 1 aliphatic rings. The van der Waals surface area contributed by atoms with Gasteiger partial charge in [-0.05, 0) is 36.1 Å². The molecule has 142 valence electrons. The molecule has 7 heteroatoms. The second-order valence-electron chi connectivity index (χ2n) is 6.31. The van der Waals surface area contributed by atoms with Gasteiger partial charge in [0, 0.05) is 12.2 Å². The number of amides is 1. The molecule has 0 saturated heterocycles. The Labute approximate surface area is 154 Å². The first-order chi connectivity index (χ1) is 12.8. The molecule has 2 aromatic carbocycles. The van der Waals surface area contributed by atoms with Crippen LogP contribution in [0.2, 0.25) is 0 Å². The van der Waals surface area contributed by atoms with Gasteiger partial charge < -0.3 is 9.64 Å². The molecule has 1 heterocycles. The van der Waals surface area contributed by atoms with Crippen molar-refractivity contribution in [3.63, 3.8) is 0 Å². The molecule has 0 saturated carbocycles. The molecule has 1 amide bonds. The predicted octanol–water partition coefficient (Wildman–Crippen LogP) is 3.77. The fourth-order valence-electron chi connectivity index (χ4n) is 3.09. The monoisotopic (exact) mass is 377 g/mol. The number of fused-ring (bicyclic) bond motifs is 1. The van der Waals surface area contributed by atoms with Crippen LogP contribution < -0.4 is 4.90 Å². The summed E-state index contributed by atoms with van der Waals surface area (Å²) in [6, 6.07) is 12.0. The molecular formula is C20H18F3NO3. The summed E-state index contributed by atoms with van der Waals surface area (Å²) in [7, 11) is 0. The van der Waals surface area contributed by atoms with Gasteiger partial charge in [0.15, 0.2) is 6.61 Å². The van der Waals surface area contributed by atoms with Gasteiger partial charge in [0.2, 0.25) is 0 Å². The van der Waals surface area contributed by atoms with Crippen LogP contribution in [0.1, 0.15) is 23.1 Å². The van der Waals surface area contributed by atoms with E-state index in [0.29, 0.717) is 6.54 Å². The van der Waals surface area contributed by atoms with Gasteiger partial charge in [-0.25, -0.2) is 0 Å². The molecule has 0 aliphatic carbocycles. The van der Waals surface area contributed by atoms with Gasteiger partial charge in [-0.3, -0.25) is 9.59 Å². The van der Waals surface area contributed by atoms with Gasteiger partial charge in [-0.2, -0.15) is 13.2 Å². The molecule has 3 rings (SSSR count). The second kappa shape index (κ2) is 7.82. The van der Waals surface area contributed by atoms with Crippen LogP contribution in [-0.2, 0) is 33.3 Å². The van der Waals surface area contributed by atoms with E-state index in [0.717, 1.165) is 36.2 Å². The zero-order valence-corrected chi connectivity index (χ0v) is 14.5. The number of para-hydroxylation sites is 1. The highest BCUT2D eigenvalue weighted by molar-refractivity contribution is 5.96. The molecule has 0 aromatic heterocycles. The largest absolute Gasteiger partial charge is 0.455 e. The highest BCUT2D eigenvalue weighted by atomic mass is 19.4. The minimum absolute atomic E-state index is 0.186. The summed E-state index contributed by atoms with van der Waals surface area (Å²) >= 11 is 0. The number of hydrogen-bond donors (Lipinski definition) is 0. The van der Waals surface area contributed by atoms with E-state index in [4.69, 9.17) is 4.74 Å². The van der Waals surface area contributed by atoms with Gasteiger partial charge in [0.1, 0.15) is 0 Å². The molecular weight excluding hydrogens is 359 g/mol. The lowest BCUT2D eigenvalue weighted by molar-refractivity contribution is -0.147. The first kappa shape index (κ1) is 18.9. The molecule has 0 bridgehead atoms. The van der Waals surface area contributed by atoms with E-state index < -0.39 is 24.3 Å². The second-order valence-corrected chi connectivity index (χ2v) is 6.31. The van der Waals surface area contributed by atoms with Crippen LogP contribution >= 0.6 is 0 Å². The lowest BCUT2D eigenvalue weighted by Crippen LogP contribution is -2.38. The fourth-order valence-corrected chi connectivity index (χ4v) is 3.09. The average Bonchev–Trinajstić information content (AvgIpc) is 2.65. The number of halogens is 3. The molecule has 0 fully saturated rings. The maximum absolute atomic E-state index is 12.7. The number of hydrogen-bond acceptors (Lipinski definition) is 3. The lowest BCUT2D eigenvalue weighted by Gasteiger charge is -2.29. The van der Waals surface area contributed by atoms with E-state index in [9.17, 15) is 22.8 Å². The Kier molecular flexibility index (Phi) is 5.48. The molecule has 0 unspecified atom stereocenters. The summed E-state index contributed by atoms with van der Waals surface area (Å²) in [6.07, 6.45) is -3.10. The van der Waals surface area contributed by atoms with Gasteiger partial charge in [-0.15, -0.1) is 0 Å². The normalized spacial score (nSPS) is 13.8. The highest BCUT2D eigenvalue weighted by Crippen LogP contribution is 2.30. The predicted molar refractivity (Wildman–Crippen MR) is 93.2 cm³/mol. The van der Waals surface area contributed by atoms with E-state index in [1.807, 2.05) is 24.3 Å². The first-order valence-corrected chi connectivity index (χ1v) is 8.54. The minimum atomic E-state index is -4.47. The summed E-state index contributed by atoms with van der Waals surface area (Å²) < 4.78 is 43.2. The van der Waals surface area contributed by atoms with Crippen LogP contribution in [-0.4, -0.2) is 25.0 Å². The molecule has 2 aromatic rings. The maximum Gasteiger partial charge on any atom is 0.416 e. The Morgan fingerprint density at radius 2 is 1.85 bits per heavy atom. The number of aryl methyl sites for hydroxylation is 1. The lowest BCUT2D eigenvalue weighted by atomic mass is 10.0. The summed E-state index contributed by atoms with van der Waals surface area (Å²) in [5.41, 5.74) is 1.23. The number of esters is 1. The number of carbonyl (C=O) groups excluding carboxylic acids is 2. The number of ether oxygens (including phenoxy) is 1. The van der Waals surface area contributed by atoms with E-state index in [1.165, 1.54) is 12.1 Å². The van der Waals surface area contributed by atoms with Gasteiger partial charge in [0.25, 0.3) is 5.91 Å². The minimum Gasteiger partial charge on any atom is -0.455 e. The van der Waals surface area contributed by atoms with Crippen LogP contribution in [0.5, 0.6) is 0 Å². The number of benzene rings is 2. The van der Waals surface area contributed by atoms with Gasteiger partial charge in [0.05, 0.1) is 12.0 Å². The van der Waals surface area contributed by atoms with Crippen molar-refractivity contribution < 1.29 is 27.5 Å². The third-order valence-corrected chi connectivity index (χ3v) is 4.37. The summed E-state index contributed by atoms with van der Waals surface area (Å²) in [5.74, 6) is -1.09. The maximum atomic E-state index is 12.7. The third kappa shape index (κ3) is 4.67. The van der Waals surface area contributed by atoms with Crippen molar-refractivity contribution in [3.8, 4) is 0 Å². The van der Waals surface area contributed by atoms with Crippen LogP contribution in [0, 0.1) is 0 Å². The zero-order valence-electron chi connectivity index (χ0n) is 14.5. The van der Waals surface area contributed by atoms with Crippen molar-refractivity contribution in [2.75, 3.05) is 18.1 Å². The van der Waals surface area contributed by atoms with Crippen molar-refractivity contribution >= 4 is 17.6 Å². The molecule has 0 spiro atoms. The molecule has 0 radical (unpaired) electrons. The SMILES string of the molecule is O=C(Cc1cccc(C(F)(F)F)c1)OCC(=O)N1CCCc2ccccc21. The molecule has 4 nitrogen and oxygen atoms in total. The molecule has 0 atom stereocenters. The van der Waals surface area contributed by atoms with Crippen LogP contribution in [0.4, 0.5) is 18.9 Å². The number of anilines is 1. The fraction of sp³-hybridized carbons (Fsp3) is 0.300. The third-order valence-electron chi connectivity index (χ3n) is 4.37. The topological polar surface area (TPSA) is 46.6 Å². The van der Waals surface area contributed by atoms with Crippen molar-refractivity contribution in [2.24, 2.45) is 0 Å². The highest BCUT2D eigenvalue weighted by Gasteiger charge is 2.30. The van der Waals surface area contributed by atoms with Crippen LogP contribution in [0.15, 0.2) is 48.5 Å². The summed E-state index contributed by atoms with van der Waals surface area (Å²) in [4.78, 5) is 25.9. The van der Waals surface area contributed by atoms with Crippen LogP contribution in [0.3, 0.4) is 0 Å². The number of carbonyl (C=O) groups is 2. The first-order valence-electron chi connectivity index (χ1n) is 8.54. The standard InChI is InChI=1S/C20H18F3NO3/c21-20(22,23)16-8-3-5-14(11-16)12-19(26)27-13-18(25)24-10-4-7-15-6-1-2-9-17(15)24/h1-3,5-6,8-9,11H,4,7,10,12-13H2. The molecule has 1 aliphatic heterocycles. The van der Waals surface area contributed by atoms with Crippen molar-refractivity contribution in [1.82, 2.24) is 0 Å². The number of alkyl halides is 3. The van der Waals surface area contributed by atoms with E-state index in [2.05, 4.69) is 0 Å². The van der Waals surface area contributed by atoms with Crippen molar-refractivity contribution in [3.05, 3.63) is 65.2 Å². The molecule has 27 heavy (non-hydrogen) atoms. The van der Waals surface area contributed by atoms with E-state index in [-0.39, 0.29) is 17.9 Å². The Bertz CT molecular complexity index is 848. The quantitative estimate of drug-likeness (QED) is 0.762. The van der Waals surface area contributed by atoms with Gasteiger partial charge >= 0.3 is 12.1 Å². The van der Waals surface area contributed by atoms with Crippen molar-refractivity contribution in [2.45, 2.75) is 25.4 Å². The Hall–Kier alpha value is -2.83. The van der Waals surface area contributed by atoms with E-state index in [1.54, 1.807) is 4.90 Å². The number of rotatable bonds is 4. The zero-order chi connectivity index (χ0) is 19.4. The smallest absolute Gasteiger partial charge is 0.416 e. The Morgan fingerprint density at radius 1 is 1.07 bits per heavy atom. The Balaban J connectivity index is 1.58. The summed E-state index contributed by atoms with van der Waals surface area (Å²) in [5, 5.41) is 0. The van der Waals surface area contributed by atoms with Gasteiger partial charge in [-0.1, -0.05) is 36.4 Å². The summed E-state index contributed by atoms with van der Waals surface area (Å²) in [6.45, 7) is 0.104. The molecule has 0 N–H and O–H groups in total. The van der Waals surface area contributed by atoms with Crippen LogP contribution in [0.25, 0.3) is 0 Å². The average molecular weight is 377 g/mol. The van der Waals surface area contributed by atoms with Crippen molar-refractivity contribution in [1.29, 1.82) is 0 Å². The Morgan fingerprint density at radius 3 is 2.63 bits per heavy atom. The van der Waals surface area contributed by atoms with E-state index >= 15 is 0 Å².